The number of hydrogen-bond donors (Lipinski definition) is 0. The Balaban J connectivity index is 1.63. The lowest BCUT2D eigenvalue weighted by Crippen LogP contribution is -1.90. The third-order valence-corrected chi connectivity index (χ3v) is 6.29. The molecule has 0 aliphatic heterocycles. The average Bonchev–Trinajstić information content (AvgIpc) is 3.46. The molecule has 28 heavy (non-hydrogen) atoms. The smallest absolute Gasteiger partial charge is 0.145 e. The lowest BCUT2D eigenvalue weighted by Gasteiger charge is -2.08. The van der Waals surface area contributed by atoms with Gasteiger partial charge in [-0.2, -0.15) is 0 Å². The van der Waals surface area contributed by atoms with Crippen LogP contribution in [-0.4, -0.2) is 14.4 Å². The van der Waals surface area contributed by atoms with Crippen molar-refractivity contribution in [3.8, 4) is 0 Å². The summed E-state index contributed by atoms with van der Waals surface area (Å²) < 4.78 is 32.1. The van der Waals surface area contributed by atoms with Gasteiger partial charge in [-0.3, -0.25) is 4.40 Å². The number of benzene rings is 3. The van der Waals surface area contributed by atoms with Gasteiger partial charge in [0.05, 0.1) is 20.7 Å². The van der Waals surface area contributed by atoms with Crippen LogP contribution >= 0.6 is 11.3 Å². The standard InChI is InChI=1S/C23H13N3OS/c1-12-25-18-8-16-17-9-19-15(10-20(17)27-21(16)11-22(18)28-12)13-4-2-3-5-14(13)23-24-6-7-26(19)23/h2-11H,1H3/i1D3. The third kappa shape index (κ3) is 1.74. The molecule has 0 aliphatic carbocycles. The maximum atomic E-state index is 7.65. The van der Waals surface area contributed by atoms with Gasteiger partial charge in [-0.15, -0.1) is 11.3 Å². The number of aromatic nitrogens is 3. The number of furan rings is 1. The number of thiazole rings is 1. The molecule has 0 saturated carbocycles. The van der Waals surface area contributed by atoms with E-state index in [1.165, 1.54) is 11.3 Å². The van der Waals surface area contributed by atoms with E-state index in [-0.39, 0.29) is 5.01 Å². The van der Waals surface area contributed by atoms with Crippen LogP contribution in [0.3, 0.4) is 0 Å². The van der Waals surface area contributed by atoms with Gasteiger partial charge in [0, 0.05) is 44.1 Å². The Hall–Kier alpha value is -3.44. The quantitative estimate of drug-likeness (QED) is 0.283. The van der Waals surface area contributed by atoms with E-state index in [0.717, 1.165) is 54.0 Å². The highest BCUT2D eigenvalue weighted by molar-refractivity contribution is 7.18. The van der Waals surface area contributed by atoms with E-state index >= 15 is 0 Å². The van der Waals surface area contributed by atoms with Crippen LogP contribution in [0.4, 0.5) is 0 Å². The molecule has 132 valence electrons. The lowest BCUT2D eigenvalue weighted by atomic mass is 10.0. The van der Waals surface area contributed by atoms with Crippen LogP contribution in [0.25, 0.3) is 59.5 Å². The zero-order valence-corrected chi connectivity index (χ0v) is 15.2. The largest absolute Gasteiger partial charge is 0.456 e. The molecule has 0 unspecified atom stereocenters. The zero-order valence-electron chi connectivity index (χ0n) is 17.4. The first-order valence-corrected chi connectivity index (χ1v) is 9.74. The van der Waals surface area contributed by atoms with Crippen LogP contribution in [0.5, 0.6) is 0 Å². The third-order valence-electron chi connectivity index (χ3n) is 5.46. The number of nitrogens with zero attached hydrogens (tertiary/aromatic N) is 3. The molecular formula is C23H13N3OS. The molecule has 4 aromatic heterocycles. The fourth-order valence-electron chi connectivity index (χ4n) is 4.26. The number of fused-ring (bicyclic) bond motifs is 10. The van der Waals surface area contributed by atoms with Gasteiger partial charge in [0.25, 0.3) is 0 Å². The molecule has 7 rings (SSSR count). The molecule has 3 aromatic carbocycles. The molecule has 0 amide bonds. The van der Waals surface area contributed by atoms with Crippen molar-refractivity contribution in [1.82, 2.24) is 14.4 Å². The molecule has 0 fully saturated rings. The van der Waals surface area contributed by atoms with Crippen LogP contribution in [0.1, 0.15) is 9.12 Å². The highest BCUT2D eigenvalue weighted by atomic mass is 32.1. The molecule has 0 saturated heterocycles. The second-order valence-corrected chi connectivity index (χ2v) is 8.00. The van der Waals surface area contributed by atoms with Crippen molar-refractivity contribution in [1.29, 1.82) is 0 Å². The topological polar surface area (TPSA) is 43.3 Å². The van der Waals surface area contributed by atoms with Crippen molar-refractivity contribution >= 4 is 70.8 Å². The van der Waals surface area contributed by atoms with E-state index in [2.05, 4.69) is 38.6 Å². The van der Waals surface area contributed by atoms with Crippen molar-refractivity contribution in [2.24, 2.45) is 0 Å². The summed E-state index contributed by atoms with van der Waals surface area (Å²) in [6.07, 6.45) is 3.79. The molecular weight excluding hydrogens is 366 g/mol. The Morgan fingerprint density at radius 1 is 0.964 bits per heavy atom. The fourth-order valence-corrected chi connectivity index (χ4v) is 4.98. The van der Waals surface area contributed by atoms with Gasteiger partial charge in [0.2, 0.25) is 0 Å². The van der Waals surface area contributed by atoms with Gasteiger partial charge in [-0.05, 0) is 30.4 Å². The van der Waals surface area contributed by atoms with Gasteiger partial charge in [-0.25, -0.2) is 9.97 Å². The normalized spacial score (nSPS) is 14.5. The number of rotatable bonds is 0. The zero-order chi connectivity index (χ0) is 20.9. The minimum absolute atomic E-state index is 0.150. The predicted octanol–water partition coefficient (Wildman–Crippen LogP) is 6.46. The van der Waals surface area contributed by atoms with Gasteiger partial charge in [-0.1, -0.05) is 24.3 Å². The maximum absolute atomic E-state index is 7.65. The maximum Gasteiger partial charge on any atom is 0.145 e. The number of imidazole rings is 1. The summed E-state index contributed by atoms with van der Waals surface area (Å²) in [4.78, 5) is 8.94. The van der Waals surface area contributed by atoms with Crippen molar-refractivity contribution in [2.75, 3.05) is 0 Å². The van der Waals surface area contributed by atoms with Crippen molar-refractivity contribution in [3.63, 3.8) is 0 Å². The predicted molar refractivity (Wildman–Crippen MR) is 115 cm³/mol. The first-order valence-electron chi connectivity index (χ1n) is 10.4. The molecule has 0 aliphatic rings. The average molecular weight is 382 g/mol. The fraction of sp³-hybridized carbons (Fsp3) is 0.0435. The van der Waals surface area contributed by atoms with E-state index in [1.807, 2.05) is 36.7 Å². The summed E-state index contributed by atoms with van der Waals surface area (Å²) in [5.74, 6) is 0. The monoisotopic (exact) mass is 382 g/mol. The molecule has 0 N–H and O–H groups in total. The van der Waals surface area contributed by atoms with Crippen LogP contribution in [0.15, 0.2) is 65.3 Å². The van der Waals surface area contributed by atoms with Gasteiger partial charge in [0.1, 0.15) is 16.8 Å². The van der Waals surface area contributed by atoms with Crippen LogP contribution in [0.2, 0.25) is 0 Å². The Labute approximate surface area is 166 Å². The number of aryl methyl sites for hydroxylation is 1. The molecule has 4 nitrogen and oxygen atoms in total. The highest BCUT2D eigenvalue weighted by Crippen LogP contribution is 2.38. The summed E-state index contributed by atoms with van der Waals surface area (Å²) in [6, 6.07) is 16.3. The molecule has 7 aromatic rings. The van der Waals surface area contributed by atoms with Crippen LogP contribution in [-0.2, 0) is 0 Å². The minimum Gasteiger partial charge on any atom is -0.456 e. The molecule has 0 bridgehead atoms. The summed E-state index contributed by atoms with van der Waals surface area (Å²) in [6.45, 7) is -2.21. The summed E-state index contributed by atoms with van der Waals surface area (Å²) in [5.41, 5.74) is 4.16. The van der Waals surface area contributed by atoms with Crippen molar-refractivity contribution < 1.29 is 8.53 Å². The van der Waals surface area contributed by atoms with E-state index in [1.54, 1.807) is 0 Å². The SMILES string of the molecule is [2H]C([2H])([2H])c1nc2cc3c(cc2s1)oc1cc2c4ccccc4c4nccn4c2cc13. The van der Waals surface area contributed by atoms with Gasteiger partial charge in [0.15, 0.2) is 0 Å². The van der Waals surface area contributed by atoms with E-state index in [0.29, 0.717) is 5.52 Å². The van der Waals surface area contributed by atoms with Crippen LogP contribution in [0, 0.1) is 6.85 Å². The summed E-state index contributed by atoms with van der Waals surface area (Å²) in [7, 11) is 0. The summed E-state index contributed by atoms with van der Waals surface area (Å²) >= 11 is 1.19. The molecule has 0 atom stereocenters. The Bertz CT molecular complexity index is 1840. The molecule has 0 spiro atoms. The molecule has 0 radical (unpaired) electrons. The van der Waals surface area contributed by atoms with Crippen molar-refractivity contribution in [3.05, 3.63) is 65.9 Å². The Morgan fingerprint density at radius 3 is 2.75 bits per heavy atom. The molecule has 4 heterocycles. The number of pyridine rings is 1. The van der Waals surface area contributed by atoms with Crippen LogP contribution < -0.4 is 0 Å². The number of hydrogen-bond acceptors (Lipinski definition) is 4. The minimum atomic E-state index is -2.21. The Morgan fingerprint density at radius 2 is 1.82 bits per heavy atom. The van der Waals surface area contributed by atoms with E-state index in [4.69, 9.17) is 8.53 Å². The van der Waals surface area contributed by atoms with Gasteiger partial charge >= 0.3 is 0 Å². The van der Waals surface area contributed by atoms with E-state index in [9.17, 15) is 0 Å². The second-order valence-electron chi connectivity index (χ2n) is 6.97. The first-order chi connectivity index (χ1) is 15.0. The van der Waals surface area contributed by atoms with Gasteiger partial charge < -0.3 is 4.42 Å². The Kier molecular flexibility index (Phi) is 2.11. The summed E-state index contributed by atoms with van der Waals surface area (Å²) in [5, 5.41) is 5.36. The van der Waals surface area contributed by atoms with E-state index < -0.39 is 6.85 Å². The highest BCUT2D eigenvalue weighted by Gasteiger charge is 2.15. The second kappa shape index (κ2) is 4.88. The molecule has 5 heteroatoms. The van der Waals surface area contributed by atoms with Crippen molar-refractivity contribution in [2.45, 2.75) is 6.85 Å². The lowest BCUT2D eigenvalue weighted by molar-refractivity contribution is 0.670. The first kappa shape index (κ1) is 12.1.